The summed E-state index contributed by atoms with van der Waals surface area (Å²) in [6.45, 7) is 5.85. The maximum absolute atomic E-state index is 8.92. The summed E-state index contributed by atoms with van der Waals surface area (Å²) in [6, 6.07) is 7.87. The zero-order valence-corrected chi connectivity index (χ0v) is 10.3. The highest BCUT2D eigenvalue weighted by molar-refractivity contribution is 6.30. The van der Waals surface area contributed by atoms with Gasteiger partial charge >= 0.3 is 0 Å². The first-order valence-corrected chi connectivity index (χ1v) is 5.68. The molecule has 0 spiro atoms. The van der Waals surface area contributed by atoms with Gasteiger partial charge in [-0.05, 0) is 18.2 Å². The predicted octanol–water partition coefficient (Wildman–Crippen LogP) is 2.62. The Hall–Kier alpha value is -1.24. The van der Waals surface area contributed by atoms with E-state index in [2.05, 4.69) is 30.6 Å². The van der Waals surface area contributed by atoms with Crippen LogP contribution in [0.4, 0.5) is 5.69 Å². The van der Waals surface area contributed by atoms with Crippen LogP contribution < -0.4 is 10.6 Å². The molecular formula is C12H16ClN3. The van der Waals surface area contributed by atoms with Crippen molar-refractivity contribution in [2.24, 2.45) is 0 Å². The van der Waals surface area contributed by atoms with Gasteiger partial charge in [-0.1, -0.05) is 25.4 Å². The summed E-state index contributed by atoms with van der Waals surface area (Å²) in [5, 5.41) is 16.0. The topological polar surface area (TPSA) is 47.8 Å². The average Bonchev–Trinajstić information content (AvgIpc) is 2.25. The molecule has 16 heavy (non-hydrogen) atoms. The third-order valence-corrected chi connectivity index (χ3v) is 2.33. The van der Waals surface area contributed by atoms with Crippen LogP contribution >= 0.6 is 11.6 Å². The third kappa shape index (κ3) is 4.09. The van der Waals surface area contributed by atoms with E-state index in [1.54, 1.807) is 12.1 Å². The lowest BCUT2D eigenvalue weighted by atomic mass is 10.2. The molecule has 0 aliphatic carbocycles. The van der Waals surface area contributed by atoms with Crippen LogP contribution in [0.1, 0.15) is 19.4 Å². The van der Waals surface area contributed by atoms with Gasteiger partial charge in [0.05, 0.1) is 11.3 Å². The van der Waals surface area contributed by atoms with Gasteiger partial charge in [-0.2, -0.15) is 5.26 Å². The Bertz CT molecular complexity index is 382. The molecule has 1 rings (SSSR count). The van der Waals surface area contributed by atoms with E-state index < -0.39 is 0 Å². The number of nitrogens with one attached hydrogen (secondary N) is 2. The standard InChI is InChI=1S/C12H16ClN3/c1-9(2)15-5-6-16-12-4-3-11(13)7-10(12)8-14/h3-4,7,9,15-16H,5-6H2,1-2H3. The number of halogens is 1. The molecule has 0 saturated heterocycles. The van der Waals surface area contributed by atoms with E-state index in [1.165, 1.54) is 0 Å². The summed E-state index contributed by atoms with van der Waals surface area (Å²) >= 11 is 5.81. The quantitative estimate of drug-likeness (QED) is 0.774. The maximum atomic E-state index is 8.92. The molecule has 3 nitrogen and oxygen atoms in total. The molecular weight excluding hydrogens is 222 g/mol. The lowest BCUT2D eigenvalue weighted by Gasteiger charge is -2.11. The van der Waals surface area contributed by atoms with Gasteiger partial charge in [0.25, 0.3) is 0 Å². The molecule has 0 amide bonds. The average molecular weight is 238 g/mol. The van der Waals surface area contributed by atoms with Crippen molar-refractivity contribution in [2.75, 3.05) is 18.4 Å². The predicted molar refractivity (Wildman–Crippen MR) is 67.8 cm³/mol. The first-order chi connectivity index (χ1) is 7.63. The van der Waals surface area contributed by atoms with Crippen molar-refractivity contribution in [1.82, 2.24) is 5.32 Å². The molecule has 2 N–H and O–H groups in total. The number of nitrogens with zero attached hydrogens (tertiary/aromatic N) is 1. The van der Waals surface area contributed by atoms with Gasteiger partial charge in [-0.15, -0.1) is 0 Å². The van der Waals surface area contributed by atoms with Crippen LogP contribution in [-0.2, 0) is 0 Å². The lowest BCUT2D eigenvalue weighted by Crippen LogP contribution is -2.28. The zero-order valence-electron chi connectivity index (χ0n) is 9.55. The highest BCUT2D eigenvalue weighted by Gasteiger charge is 2.01. The van der Waals surface area contributed by atoms with Crippen LogP contribution in [0.2, 0.25) is 5.02 Å². The van der Waals surface area contributed by atoms with Crippen LogP contribution in [0.25, 0.3) is 0 Å². The van der Waals surface area contributed by atoms with Gasteiger partial charge in [0, 0.05) is 24.2 Å². The second-order valence-corrected chi connectivity index (χ2v) is 4.27. The van der Waals surface area contributed by atoms with Gasteiger partial charge < -0.3 is 10.6 Å². The number of hydrogen-bond donors (Lipinski definition) is 2. The summed E-state index contributed by atoms with van der Waals surface area (Å²) in [5.74, 6) is 0. The van der Waals surface area contributed by atoms with Crippen LogP contribution in [0.15, 0.2) is 18.2 Å². The zero-order chi connectivity index (χ0) is 12.0. The Morgan fingerprint density at radius 1 is 1.38 bits per heavy atom. The first kappa shape index (κ1) is 12.8. The van der Waals surface area contributed by atoms with E-state index in [0.29, 0.717) is 16.6 Å². The summed E-state index contributed by atoms with van der Waals surface area (Å²) in [7, 11) is 0. The third-order valence-electron chi connectivity index (χ3n) is 2.10. The fourth-order valence-corrected chi connectivity index (χ4v) is 1.49. The molecule has 1 aromatic rings. The highest BCUT2D eigenvalue weighted by Crippen LogP contribution is 2.19. The Morgan fingerprint density at radius 3 is 2.75 bits per heavy atom. The number of benzene rings is 1. The smallest absolute Gasteiger partial charge is 0.101 e. The number of anilines is 1. The molecule has 0 atom stereocenters. The molecule has 0 radical (unpaired) electrons. The molecule has 0 aromatic heterocycles. The normalized spacial score (nSPS) is 10.2. The molecule has 0 aliphatic rings. The molecule has 0 aliphatic heterocycles. The van der Waals surface area contributed by atoms with E-state index in [4.69, 9.17) is 16.9 Å². The molecule has 0 unspecified atom stereocenters. The minimum atomic E-state index is 0.474. The number of nitriles is 1. The SMILES string of the molecule is CC(C)NCCNc1ccc(Cl)cc1C#N. The van der Waals surface area contributed by atoms with Crippen molar-refractivity contribution < 1.29 is 0 Å². The van der Waals surface area contributed by atoms with Gasteiger partial charge in [-0.25, -0.2) is 0 Å². The lowest BCUT2D eigenvalue weighted by molar-refractivity contribution is 0.602. The summed E-state index contributed by atoms with van der Waals surface area (Å²) < 4.78 is 0. The summed E-state index contributed by atoms with van der Waals surface area (Å²) in [5.41, 5.74) is 1.41. The maximum Gasteiger partial charge on any atom is 0.101 e. The largest absolute Gasteiger partial charge is 0.383 e. The van der Waals surface area contributed by atoms with Crippen molar-refractivity contribution in [1.29, 1.82) is 5.26 Å². The number of rotatable bonds is 5. The van der Waals surface area contributed by atoms with E-state index >= 15 is 0 Å². The molecule has 4 heteroatoms. The second-order valence-electron chi connectivity index (χ2n) is 3.84. The molecule has 1 aromatic carbocycles. The summed E-state index contributed by atoms with van der Waals surface area (Å²) in [4.78, 5) is 0. The molecule has 0 fully saturated rings. The second kappa shape index (κ2) is 6.37. The van der Waals surface area contributed by atoms with Crippen LogP contribution in [0, 0.1) is 11.3 Å². The highest BCUT2D eigenvalue weighted by atomic mass is 35.5. The Balaban J connectivity index is 2.51. The molecule has 86 valence electrons. The summed E-state index contributed by atoms with van der Waals surface area (Å²) in [6.07, 6.45) is 0. The fraction of sp³-hybridized carbons (Fsp3) is 0.417. The van der Waals surface area contributed by atoms with E-state index in [9.17, 15) is 0 Å². The first-order valence-electron chi connectivity index (χ1n) is 5.30. The van der Waals surface area contributed by atoms with E-state index in [0.717, 1.165) is 18.8 Å². The van der Waals surface area contributed by atoms with Crippen LogP contribution in [-0.4, -0.2) is 19.1 Å². The van der Waals surface area contributed by atoms with Crippen LogP contribution in [0.3, 0.4) is 0 Å². The van der Waals surface area contributed by atoms with E-state index in [-0.39, 0.29) is 0 Å². The monoisotopic (exact) mass is 237 g/mol. The van der Waals surface area contributed by atoms with Gasteiger partial charge in [0.2, 0.25) is 0 Å². The van der Waals surface area contributed by atoms with E-state index in [1.807, 2.05) is 6.07 Å². The van der Waals surface area contributed by atoms with Gasteiger partial charge in [0.15, 0.2) is 0 Å². The van der Waals surface area contributed by atoms with Gasteiger partial charge in [-0.3, -0.25) is 0 Å². The minimum absolute atomic E-state index is 0.474. The van der Waals surface area contributed by atoms with Crippen molar-refractivity contribution in [3.63, 3.8) is 0 Å². The molecule has 0 saturated carbocycles. The minimum Gasteiger partial charge on any atom is -0.383 e. The Morgan fingerprint density at radius 2 is 2.12 bits per heavy atom. The number of hydrogen-bond acceptors (Lipinski definition) is 3. The van der Waals surface area contributed by atoms with Crippen molar-refractivity contribution in [3.05, 3.63) is 28.8 Å². The Labute approximate surface area is 101 Å². The van der Waals surface area contributed by atoms with Crippen LogP contribution in [0.5, 0.6) is 0 Å². The van der Waals surface area contributed by atoms with Crippen molar-refractivity contribution in [3.8, 4) is 6.07 Å². The van der Waals surface area contributed by atoms with Gasteiger partial charge in [0.1, 0.15) is 6.07 Å². The van der Waals surface area contributed by atoms with Crippen molar-refractivity contribution in [2.45, 2.75) is 19.9 Å². The van der Waals surface area contributed by atoms with Crippen molar-refractivity contribution >= 4 is 17.3 Å². The molecule has 0 bridgehead atoms. The Kier molecular flexibility index (Phi) is 5.10. The fourth-order valence-electron chi connectivity index (χ4n) is 1.32. The molecule has 0 heterocycles.